The average molecular weight is 369 g/mol. The van der Waals surface area contributed by atoms with Crippen molar-refractivity contribution >= 4 is 33.4 Å². The Balaban J connectivity index is 2.08. The Morgan fingerprint density at radius 3 is 2.68 bits per heavy atom. The number of furan rings is 1. The number of amides is 2. The van der Waals surface area contributed by atoms with E-state index in [2.05, 4.69) is 26.6 Å². The number of rotatable bonds is 5. The lowest BCUT2D eigenvalue weighted by Gasteiger charge is -2.07. The fourth-order valence-corrected chi connectivity index (χ4v) is 2.15. The zero-order valence-electron chi connectivity index (χ0n) is 11.8. The van der Waals surface area contributed by atoms with E-state index >= 15 is 0 Å². The maximum Gasteiger partial charge on any atom is 0.291 e. The van der Waals surface area contributed by atoms with Crippen LogP contribution in [0, 0.1) is 5.82 Å². The van der Waals surface area contributed by atoms with Gasteiger partial charge in [0.05, 0.1) is 0 Å². The molecule has 1 aromatic heterocycles. The molecule has 0 atom stereocenters. The minimum Gasteiger partial charge on any atom is -0.444 e. The molecule has 0 spiro atoms. The van der Waals surface area contributed by atoms with E-state index < -0.39 is 11.7 Å². The summed E-state index contributed by atoms with van der Waals surface area (Å²) in [6, 6.07) is 7.35. The van der Waals surface area contributed by atoms with Crippen LogP contribution in [0.25, 0.3) is 0 Å². The summed E-state index contributed by atoms with van der Waals surface area (Å²) in [6.07, 6.45) is 0.428. The van der Waals surface area contributed by atoms with Crippen molar-refractivity contribution in [1.29, 1.82) is 0 Å². The Kier molecular flexibility index (Phi) is 5.32. The molecule has 0 saturated carbocycles. The lowest BCUT2D eigenvalue weighted by molar-refractivity contribution is -0.120. The standard InChI is InChI=1S/C15H14BrFN2O3/c1-18-14(20)7-2-9-8-10(3-4-11(9)17)19-15(21)12-5-6-13(16)22-12/h3-6,8H,2,7H2,1H3,(H,18,20)(H,19,21). The van der Waals surface area contributed by atoms with Gasteiger partial charge in [0.25, 0.3) is 5.91 Å². The van der Waals surface area contributed by atoms with Crippen molar-refractivity contribution in [1.82, 2.24) is 5.32 Å². The Labute approximate surface area is 135 Å². The average Bonchev–Trinajstić information content (AvgIpc) is 2.94. The van der Waals surface area contributed by atoms with Gasteiger partial charge in [0, 0.05) is 19.2 Å². The minimum absolute atomic E-state index is 0.142. The second-order valence-corrected chi connectivity index (χ2v) is 5.32. The molecule has 0 aliphatic carbocycles. The van der Waals surface area contributed by atoms with E-state index in [0.717, 1.165) is 0 Å². The van der Waals surface area contributed by atoms with Crippen molar-refractivity contribution in [2.24, 2.45) is 0 Å². The summed E-state index contributed by atoms with van der Waals surface area (Å²) in [7, 11) is 1.52. The SMILES string of the molecule is CNC(=O)CCc1cc(NC(=O)c2ccc(Br)o2)ccc1F. The highest BCUT2D eigenvalue weighted by atomic mass is 79.9. The zero-order chi connectivity index (χ0) is 16.1. The molecule has 0 fully saturated rings. The summed E-state index contributed by atoms with van der Waals surface area (Å²) in [5, 5.41) is 5.10. The van der Waals surface area contributed by atoms with Crippen molar-refractivity contribution in [3.63, 3.8) is 0 Å². The first-order chi connectivity index (χ1) is 10.5. The van der Waals surface area contributed by atoms with Gasteiger partial charge in [-0.15, -0.1) is 0 Å². The molecule has 5 nitrogen and oxygen atoms in total. The third kappa shape index (κ3) is 4.17. The second-order valence-electron chi connectivity index (χ2n) is 4.54. The van der Waals surface area contributed by atoms with Crippen LogP contribution in [-0.4, -0.2) is 18.9 Å². The number of carbonyl (C=O) groups is 2. The van der Waals surface area contributed by atoms with E-state index in [1.807, 2.05) is 0 Å². The van der Waals surface area contributed by atoms with Crippen molar-refractivity contribution in [3.05, 3.63) is 52.1 Å². The third-order valence-electron chi connectivity index (χ3n) is 3.00. The molecular formula is C15H14BrFN2O3. The summed E-state index contributed by atoms with van der Waals surface area (Å²) in [5.74, 6) is -0.880. The van der Waals surface area contributed by atoms with Crippen LogP contribution in [0.2, 0.25) is 0 Å². The molecule has 0 bridgehead atoms. The quantitative estimate of drug-likeness (QED) is 0.851. The summed E-state index contributed by atoms with van der Waals surface area (Å²) in [4.78, 5) is 23.2. The normalized spacial score (nSPS) is 10.3. The minimum atomic E-state index is -0.436. The molecule has 2 rings (SSSR count). The molecule has 2 aromatic rings. The zero-order valence-corrected chi connectivity index (χ0v) is 13.4. The van der Waals surface area contributed by atoms with E-state index in [-0.39, 0.29) is 24.5 Å². The molecule has 0 aliphatic rings. The van der Waals surface area contributed by atoms with Crippen LogP contribution >= 0.6 is 15.9 Å². The number of anilines is 1. The molecule has 22 heavy (non-hydrogen) atoms. The van der Waals surface area contributed by atoms with E-state index in [9.17, 15) is 14.0 Å². The molecule has 2 N–H and O–H groups in total. The molecule has 116 valence electrons. The summed E-state index contributed by atoms with van der Waals surface area (Å²) >= 11 is 3.11. The molecule has 1 heterocycles. The first-order valence-corrected chi connectivity index (χ1v) is 7.34. The highest BCUT2D eigenvalue weighted by Crippen LogP contribution is 2.19. The molecule has 1 aromatic carbocycles. The van der Waals surface area contributed by atoms with Gasteiger partial charge in [-0.25, -0.2) is 4.39 Å². The highest BCUT2D eigenvalue weighted by Gasteiger charge is 2.12. The number of aryl methyl sites for hydroxylation is 1. The van der Waals surface area contributed by atoms with E-state index in [1.165, 1.54) is 31.3 Å². The van der Waals surface area contributed by atoms with Gasteiger partial charge in [-0.1, -0.05) is 0 Å². The van der Waals surface area contributed by atoms with Crippen LogP contribution in [0.15, 0.2) is 39.4 Å². The van der Waals surface area contributed by atoms with Gasteiger partial charge in [0.15, 0.2) is 10.4 Å². The maximum atomic E-state index is 13.7. The first kappa shape index (κ1) is 16.2. The maximum absolute atomic E-state index is 13.7. The molecule has 0 aliphatic heterocycles. The fraction of sp³-hybridized carbons (Fsp3) is 0.200. The van der Waals surface area contributed by atoms with Crippen LogP contribution in [0.3, 0.4) is 0 Å². The van der Waals surface area contributed by atoms with Gasteiger partial charge in [-0.05, 0) is 58.2 Å². The summed E-state index contributed by atoms with van der Waals surface area (Å²) in [6.45, 7) is 0. The summed E-state index contributed by atoms with van der Waals surface area (Å²) in [5.41, 5.74) is 0.799. The smallest absolute Gasteiger partial charge is 0.291 e. The van der Waals surface area contributed by atoms with Crippen LogP contribution in [0.5, 0.6) is 0 Å². The van der Waals surface area contributed by atoms with Crippen molar-refractivity contribution in [2.75, 3.05) is 12.4 Å². The predicted molar refractivity (Wildman–Crippen MR) is 83.1 cm³/mol. The molecular weight excluding hydrogens is 355 g/mol. The predicted octanol–water partition coefficient (Wildman–Crippen LogP) is 3.11. The third-order valence-corrected chi connectivity index (χ3v) is 3.43. The van der Waals surface area contributed by atoms with Crippen LogP contribution in [0.4, 0.5) is 10.1 Å². The largest absolute Gasteiger partial charge is 0.444 e. The number of carbonyl (C=O) groups excluding carboxylic acids is 2. The molecule has 0 unspecified atom stereocenters. The van der Waals surface area contributed by atoms with Gasteiger partial charge in [-0.2, -0.15) is 0 Å². The Morgan fingerprint density at radius 1 is 1.27 bits per heavy atom. The van der Waals surface area contributed by atoms with Crippen molar-refractivity contribution in [2.45, 2.75) is 12.8 Å². The van der Waals surface area contributed by atoms with Crippen LogP contribution in [-0.2, 0) is 11.2 Å². The Morgan fingerprint density at radius 2 is 2.05 bits per heavy atom. The summed E-state index contributed by atoms with van der Waals surface area (Å²) < 4.78 is 19.3. The van der Waals surface area contributed by atoms with Crippen molar-refractivity contribution in [3.8, 4) is 0 Å². The van der Waals surface area contributed by atoms with Crippen LogP contribution in [0.1, 0.15) is 22.5 Å². The van der Waals surface area contributed by atoms with E-state index in [1.54, 1.807) is 6.07 Å². The first-order valence-electron chi connectivity index (χ1n) is 6.55. The highest BCUT2D eigenvalue weighted by molar-refractivity contribution is 9.10. The fourth-order valence-electron chi connectivity index (χ4n) is 1.85. The monoisotopic (exact) mass is 368 g/mol. The van der Waals surface area contributed by atoms with E-state index in [0.29, 0.717) is 15.9 Å². The Hall–Kier alpha value is -2.15. The van der Waals surface area contributed by atoms with E-state index in [4.69, 9.17) is 4.42 Å². The molecule has 0 saturated heterocycles. The van der Waals surface area contributed by atoms with Crippen LogP contribution < -0.4 is 10.6 Å². The van der Waals surface area contributed by atoms with Gasteiger partial charge >= 0.3 is 0 Å². The number of hydrogen-bond donors (Lipinski definition) is 2. The number of hydrogen-bond acceptors (Lipinski definition) is 3. The van der Waals surface area contributed by atoms with Gasteiger partial charge < -0.3 is 15.1 Å². The van der Waals surface area contributed by atoms with Gasteiger partial charge in [0.1, 0.15) is 5.82 Å². The number of benzene rings is 1. The second kappa shape index (κ2) is 7.22. The molecule has 2 amide bonds. The molecule has 7 heteroatoms. The Bertz CT molecular complexity index is 700. The topological polar surface area (TPSA) is 71.3 Å². The van der Waals surface area contributed by atoms with Gasteiger partial charge in [-0.3, -0.25) is 9.59 Å². The number of nitrogens with one attached hydrogen (secondary N) is 2. The molecule has 0 radical (unpaired) electrons. The lowest BCUT2D eigenvalue weighted by atomic mass is 10.1. The van der Waals surface area contributed by atoms with Crippen molar-refractivity contribution < 1.29 is 18.4 Å². The van der Waals surface area contributed by atoms with Gasteiger partial charge in [0.2, 0.25) is 5.91 Å². The lowest BCUT2D eigenvalue weighted by Crippen LogP contribution is -2.18. The number of halogens is 2.